The summed E-state index contributed by atoms with van der Waals surface area (Å²) in [4.78, 5) is 15.9. The monoisotopic (exact) mass is 359 g/mol. The van der Waals surface area contributed by atoms with Gasteiger partial charge in [0.1, 0.15) is 18.2 Å². The van der Waals surface area contributed by atoms with Crippen molar-refractivity contribution < 1.29 is 9.53 Å². The molecule has 5 heteroatoms. The Morgan fingerprint density at radius 3 is 2.70 bits per heavy atom. The van der Waals surface area contributed by atoms with Gasteiger partial charge in [0.15, 0.2) is 0 Å². The van der Waals surface area contributed by atoms with E-state index >= 15 is 0 Å². The molecule has 0 saturated carbocycles. The van der Waals surface area contributed by atoms with Gasteiger partial charge in [0, 0.05) is 12.3 Å². The zero-order valence-corrected chi connectivity index (χ0v) is 15.2. The lowest BCUT2D eigenvalue weighted by atomic mass is 10.1. The topological polar surface area (TPSA) is 56.2 Å². The van der Waals surface area contributed by atoms with Gasteiger partial charge in [-0.15, -0.1) is 0 Å². The minimum Gasteiger partial charge on any atom is -0.491 e. The van der Waals surface area contributed by atoms with Gasteiger partial charge < -0.3 is 14.6 Å². The SMILES string of the molecule is CC(=O)NCc1nc2ccccc2n1CCOc1cccc2ccccc12. The number of nitrogens with zero attached hydrogens (tertiary/aromatic N) is 2. The van der Waals surface area contributed by atoms with Crippen LogP contribution in [0.15, 0.2) is 66.7 Å². The minimum absolute atomic E-state index is 0.0689. The fraction of sp³-hybridized carbons (Fsp3) is 0.182. The number of imidazole rings is 1. The quantitative estimate of drug-likeness (QED) is 0.568. The lowest BCUT2D eigenvalue weighted by molar-refractivity contribution is -0.119. The summed E-state index contributed by atoms with van der Waals surface area (Å²) in [5, 5.41) is 5.10. The van der Waals surface area contributed by atoms with Crippen molar-refractivity contribution in [2.75, 3.05) is 6.61 Å². The van der Waals surface area contributed by atoms with E-state index < -0.39 is 0 Å². The number of rotatable bonds is 6. The van der Waals surface area contributed by atoms with E-state index in [1.807, 2.05) is 48.5 Å². The van der Waals surface area contributed by atoms with Crippen molar-refractivity contribution in [2.45, 2.75) is 20.0 Å². The molecule has 4 aromatic rings. The molecule has 27 heavy (non-hydrogen) atoms. The summed E-state index contributed by atoms with van der Waals surface area (Å²) in [5.74, 6) is 1.63. The van der Waals surface area contributed by atoms with Crippen molar-refractivity contribution >= 4 is 27.7 Å². The Labute approximate surface area is 157 Å². The molecule has 136 valence electrons. The molecule has 0 aliphatic carbocycles. The maximum Gasteiger partial charge on any atom is 0.217 e. The molecule has 0 atom stereocenters. The first-order valence-electron chi connectivity index (χ1n) is 9.01. The highest BCUT2D eigenvalue weighted by molar-refractivity contribution is 5.88. The Bertz CT molecular complexity index is 1100. The molecule has 1 aromatic heterocycles. The predicted octanol–water partition coefficient (Wildman–Crippen LogP) is 3.90. The summed E-state index contributed by atoms with van der Waals surface area (Å²) in [6.07, 6.45) is 0. The molecule has 0 fully saturated rings. The summed E-state index contributed by atoms with van der Waals surface area (Å²) < 4.78 is 8.19. The third-order valence-electron chi connectivity index (χ3n) is 4.55. The van der Waals surface area contributed by atoms with Crippen LogP contribution in [-0.4, -0.2) is 22.1 Å². The van der Waals surface area contributed by atoms with E-state index in [4.69, 9.17) is 4.74 Å². The number of aromatic nitrogens is 2. The summed E-state index contributed by atoms with van der Waals surface area (Å²) in [6, 6.07) is 22.3. The highest BCUT2D eigenvalue weighted by atomic mass is 16.5. The fourth-order valence-corrected chi connectivity index (χ4v) is 3.28. The van der Waals surface area contributed by atoms with Gasteiger partial charge in [0.25, 0.3) is 0 Å². The van der Waals surface area contributed by atoms with Crippen molar-refractivity contribution in [2.24, 2.45) is 0 Å². The highest BCUT2D eigenvalue weighted by Gasteiger charge is 2.11. The number of amides is 1. The van der Waals surface area contributed by atoms with E-state index in [1.165, 1.54) is 6.92 Å². The van der Waals surface area contributed by atoms with Crippen molar-refractivity contribution in [3.63, 3.8) is 0 Å². The van der Waals surface area contributed by atoms with Gasteiger partial charge in [-0.2, -0.15) is 0 Å². The summed E-state index contributed by atoms with van der Waals surface area (Å²) >= 11 is 0. The Morgan fingerprint density at radius 1 is 1.04 bits per heavy atom. The number of ether oxygens (including phenoxy) is 1. The molecule has 3 aromatic carbocycles. The predicted molar refractivity (Wildman–Crippen MR) is 107 cm³/mol. The van der Waals surface area contributed by atoms with E-state index in [0.29, 0.717) is 19.7 Å². The van der Waals surface area contributed by atoms with Crippen LogP contribution >= 0.6 is 0 Å². The maximum atomic E-state index is 11.3. The molecule has 1 amide bonds. The van der Waals surface area contributed by atoms with Crippen LogP contribution in [0.2, 0.25) is 0 Å². The van der Waals surface area contributed by atoms with Crippen molar-refractivity contribution in [1.82, 2.24) is 14.9 Å². The van der Waals surface area contributed by atoms with Crippen molar-refractivity contribution in [3.8, 4) is 5.75 Å². The summed E-state index contributed by atoms with van der Waals surface area (Å²) in [6.45, 7) is 3.08. The molecule has 0 aliphatic heterocycles. The van der Waals surface area contributed by atoms with Crippen LogP contribution in [0.25, 0.3) is 21.8 Å². The van der Waals surface area contributed by atoms with Crippen LogP contribution in [0, 0.1) is 0 Å². The molecule has 0 aliphatic rings. The second kappa shape index (κ2) is 7.50. The number of benzene rings is 3. The number of hydrogen-bond acceptors (Lipinski definition) is 3. The van der Waals surface area contributed by atoms with E-state index in [2.05, 4.69) is 33.1 Å². The van der Waals surface area contributed by atoms with Crippen LogP contribution in [-0.2, 0) is 17.9 Å². The zero-order chi connectivity index (χ0) is 18.6. The average molecular weight is 359 g/mol. The molecule has 0 saturated heterocycles. The molecule has 5 nitrogen and oxygen atoms in total. The minimum atomic E-state index is -0.0689. The van der Waals surface area contributed by atoms with Crippen LogP contribution in [0.4, 0.5) is 0 Å². The van der Waals surface area contributed by atoms with Crippen LogP contribution in [0.5, 0.6) is 5.75 Å². The van der Waals surface area contributed by atoms with Gasteiger partial charge in [0.2, 0.25) is 5.91 Å². The third-order valence-corrected chi connectivity index (χ3v) is 4.55. The van der Waals surface area contributed by atoms with Crippen molar-refractivity contribution in [3.05, 3.63) is 72.6 Å². The first-order chi connectivity index (χ1) is 13.2. The maximum absolute atomic E-state index is 11.3. The standard InChI is InChI=1S/C22H21N3O2/c1-16(26)23-15-22-24-19-10-4-5-11-20(19)25(22)13-14-27-21-12-6-8-17-7-2-3-9-18(17)21/h2-12H,13-15H2,1H3,(H,23,26). The Balaban J connectivity index is 1.56. The molecule has 4 rings (SSSR count). The van der Waals surface area contributed by atoms with E-state index in [-0.39, 0.29) is 5.91 Å². The normalized spacial score (nSPS) is 11.0. The van der Waals surface area contributed by atoms with Gasteiger partial charge in [-0.05, 0) is 23.6 Å². The van der Waals surface area contributed by atoms with E-state index in [0.717, 1.165) is 33.4 Å². The van der Waals surface area contributed by atoms with Crippen molar-refractivity contribution in [1.29, 1.82) is 0 Å². The van der Waals surface area contributed by atoms with Gasteiger partial charge in [0.05, 0.1) is 24.1 Å². The summed E-state index contributed by atoms with van der Waals surface area (Å²) in [5.41, 5.74) is 1.96. The molecule has 0 unspecified atom stereocenters. The Morgan fingerprint density at radius 2 is 1.81 bits per heavy atom. The Kier molecular flexibility index (Phi) is 4.75. The second-order valence-corrected chi connectivity index (χ2v) is 6.40. The van der Waals surface area contributed by atoms with Crippen LogP contribution in [0.3, 0.4) is 0 Å². The molecule has 1 heterocycles. The Hall–Kier alpha value is -3.34. The number of carbonyl (C=O) groups excluding carboxylic acids is 1. The van der Waals surface area contributed by atoms with Gasteiger partial charge in [-0.1, -0.05) is 48.5 Å². The third kappa shape index (κ3) is 3.62. The van der Waals surface area contributed by atoms with Gasteiger partial charge in [-0.3, -0.25) is 4.79 Å². The molecule has 1 N–H and O–H groups in total. The highest BCUT2D eigenvalue weighted by Crippen LogP contribution is 2.25. The van der Waals surface area contributed by atoms with Crippen LogP contribution in [0.1, 0.15) is 12.7 Å². The molecule has 0 bridgehead atoms. The lowest BCUT2D eigenvalue weighted by Gasteiger charge is -2.12. The zero-order valence-electron chi connectivity index (χ0n) is 15.2. The fourth-order valence-electron chi connectivity index (χ4n) is 3.28. The first kappa shape index (κ1) is 17.1. The molecular weight excluding hydrogens is 338 g/mol. The molecule has 0 radical (unpaired) electrons. The number of fused-ring (bicyclic) bond motifs is 2. The number of carbonyl (C=O) groups is 1. The lowest BCUT2D eigenvalue weighted by Crippen LogP contribution is -2.22. The second-order valence-electron chi connectivity index (χ2n) is 6.40. The van der Waals surface area contributed by atoms with E-state index in [1.54, 1.807) is 0 Å². The summed E-state index contributed by atoms with van der Waals surface area (Å²) in [7, 11) is 0. The average Bonchev–Trinajstić information content (AvgIpc) is 3.04. The largest absolute Gasteiger partial charge is 0.491 e. The molecule has 0 spiro atoms. The number of para-hydroxylation sites is 2. The van der Waals surface area contributed by atoms with Gasteiger partial charge in [-0.25, -0.2) is 4.98 Å². The molecular formula is C22H21N3O2. The van der Waals surface area contributed by atoms with Gasteiger partial charge >= 0.3 is 0 Å². The van der Waals surface area contributed by atoms with Crippen LogP contribution < -0.4 is 10.1 Å². The number of nitrogens with one attached hydrogen (secondary N) is 1. The smallest absolute Gasteiger partial charge is 0.217 e. The van der Waals surface area contributed by atoms with E-state index in [9.17, 15) is 4.79 Å². The number of hydrogen-bond donors (Lipinski definition) is 1. The first-order valence-corrected chi connectivity index (χ1v) is 9.01.